The molecule has 0 radical (unpaired) electrons. The standard InChI is InChI=1S/C26H35N3O3/c1-18-19(2)28-32-24(18)27-25(30)29-14-10-20(11-15-29)16-21-6-5-7-23(17-21)31-22-8-12-26(3,4)13-9-22/h5-7,16-17,22H,8-15H2,1-4H3,(H,27,30). The minimum atomic E-state index is -0.130. The van der Waals surface area contributed by atoms with Crippen molar-refractivity contribution in [3.8, 4) is 5.75 Å². The number of nitrogens with zero attached hydrogens (tertiary/aromatic N) is 2. The first-order chi connectivity index (χ1) is 15.3. The summed E-state index contributed by atoms with van der Waals surface area (Å²) in [7, 11) is 0. The fourth-order valence-electron chi connectivity index (χ4n) is 4.45. The number of rotatable bonds is 4. The van der Waals surface area contributed by atoms with Crippen molar-refractivity contribution >= 4 is 18.0 Å². The highest BCUT2D eigenvalue weighted by molar-refractivity contribution is 5.88. The molecule has 0 bridgehead atoms. The van der Waals surface area contributed by atoms with Gasteiger partial charge in [0.05, 0.1) is 11.8 Å². The van der Waals surface area contributed by atoms with Crippen LogP contribution >= 0.6 is 0 Å². The van der Waals surface area contributed by atoms with E-state index >= 15 is 0 Å². The molecule has 1 aromatic carbocycles. The Labute approximate surface area is 191 Å². The number of aromatic nitrogens is 1. The molecule has 2 aliphatic rings. The maximum atomic E-state index is 12.6. The maximum absolute atomic E-state index is 12.6. The van der Waals surface area contributed by atoms with Gasteiger partial charge >= 0.3 is 6.03 Å². The fourth-order valence-corrected chi connectivity index (χ4v) is 4.45. The van der Waals surface area contributed by atoms with Gasteiger partial charge in [-0.1, -0.05) is 42.8 Å². The summed E-state index contributed by atoms with van der Waals surface area (Å²) in [5.74, 6) is 1.39. The Morgan fingerprint density at radius 2 is 1.94 bits per heavy atom. The van der Waals surface area contributed by atoms with Gasteiger partial charge in [-0.25, -0.2) is 4.79 Å². The van der Waals surface area contributed by atoms with Gasteiger partial charge in [0, 0.05) is 18.7 Å². The van der Waals surface area contributed by atoms with E-state index in [1.54, 1.807) is 0 Å². The first kappa shape index (κ1) is 22.4. The SMILES string of the molecule is Cc1noc(NC(=O)N2CCC(=Cc3cccc(OC4CCC(C)(C)CC4)c3)CC2)c1C. The molecule has 1 saturated heterocycles. The molecule has 6 nitrogen and oxygen atoms in total. The van der Waals surface area contributed by atoms with Crippen LogP contribution < -0.4 is 10.1 Å². The van der Waals surface area contributed by atoms with Crippen LogP contribution in [0.1, 0.15) is 69.2 Å². The molecular formula is C26H35N3O3. The number of anilines is 1. The Morgan fingerprint density at radius 3 is 2.59 bits per heavy atom. The van der Waals surface area contributed by atoms with Gasteiger partial charge in [-0.2, -0.15) is 0 Å². The van der Waals surface area contributed by atoms with Crippen LogP contribution in [0.25, 0.3) is 6.08 Å². The van der Waals surface area contributed by atoms with E-state index in [2.05, 4.69) is 54.7 Å². The highest BCUT2D eigenvalue weighted by atomic mass is 16.5. The molecule has 32 heavy (non-hydrogen) atoms. The number of piperidine rings is 1. The zero-order valence-electron chi connectivity index (χ0n) is 19.7. The number of amides is 2. The second-order valence-corrected chi connectivity index (χ2v) is 10.00. The lowest BCUT2D eigenvalue weighted by atomic mass is 9.76. The van der Waals surface area contributed by atoms with E-state index in [9.17, 15) is 4.79 Å². The van der Waals surface area contributed by atoms with Crippen molar-refractivity contribution in [3.63, 3.8) is 0 Å². The summed E-state index contributed by atoms with van der Waals surface area (Å²) < 4.78 is 11.5. The lowest BCUT2D eigenvalue weighted by Crippen LogP contribution is -2.39. The third-order valence-corrected chi connectivity index (χ3v) is 6.89. The van der Waals surface area contributed by atoms with Gasteiger partial charge in [-0.15, -0.1) is 0 Å². The molecule has 2 heterocycles. The Morgan fingerprint density at radius 1 is 1.22 bits per heavy atom. The molecule has 172 valence electrons. The number of carbonyl (C=O) groups excluding carboxylic acids is 1. The molecule has 2 fully saturated rings. The van der Waals surface area contributed by atoms with Crippen molar-refractivity contribution in [2.45, 2.75) is 72.3 Å². The first-order valence-electron chi connectivity index (χ1n) is 11.7. The van der Waals surface area contributed by atoms with E-state index in [1.165, 1.54) is 24.0 Å². The van der Waals surface area contributed by atoms with Crippen molar-refractivity contribution in [3.05, 3.63) is 46.7 Å². The van der Waals surface area contributed by atoms with Gasteiger partial charge in [0.1, 0.15) is 5.75 Å². The van der Waals surface area contributed by atoms with Crippen molar-refractivity contribution < 1.29 is 14.1 Å². The second kappa shape index (κ2) is 9.39. The molecule has 1 saturated carbocycles. The fraction of sp³-hybridized carbons (Fsp3) is 0.538. The quantitative estimate of drug-likeness (QED) is 0.605. The Bertz CT molecular complexity index is 972. The number of ether oxygens (including phenoxy) is 1. The Hall–Kier alpha value is -2.76. The van der Waals surface area contributed by atoms with Crippen LogP contribution in [-0.4, -0.2) is 35.3 Å². The average Bonchev–Trinajstić information content (AvgIpc) is 3.08. The van der Waals surface area contributed by atoms with Gasteiger partial charge < -0.3 is 14.2 Å². The van der Waals surface area contributed by atoms with Crippen LogP contribution in [0.4, 0.5) is 10.7 Å². The van der Waals surface area contributed by atoms with Crippen molar-refractivity contribution in [1.82, 2.24) is 10.1 Å². The molecule has 1 N–H and O–H groups in total. The van der Waals surface area contributed by atoms with Crippen molar-refractivity contribution in [1.29, 1.82) is 0 Å². The number of hydrogen-bond donors (Lipinski definition) is 1. The third-order valence-electron chi connectivity index (χ3n) is 6.89. The number of hydrogen-bond acceptors (Lipinski definition) is 4. The van der Waals surface area contributed by atoms with Crippen LogP contribution in [0.15, 0.2) is 34.4 Å². The third kappa shape index (κ3) is 5.53. The Balaban J connectivity index is 1.30. The van der Waals surface area contributed by atoms with E-state index in [0.29, 0.717) is 30.5 Å². The highest BCUT2D eigenvalue weighted by Crippen LogP contribution is 2.36. The average molecular weight is 438 g/mol. The summed E-state index contributed by atoms with van der Waals surface area (Å²) in [6.45, 7) is 9.84. The van der Waals surface area contributed by atoms with Crippen LogP contribution in [0.3, 0.4) is 0 Å². The van der Waals surface area contributed by atoms with Crippen LogP contribution in [0.5, 0.6) is 5.75 Å². The van der Waals surface area contributed by atoms with E-state index in [1.807, 2.05) is 18.7 Å². The molecule has 1 aliphatic carbocycles. The summed E-state index contributed by atoms with van der Waals surface area (Å²) in [5, 5.41) is 6.73. The molecule has 1 aromatic heterocycles. The largest absolute Gasteiger partial charge is 0.490 e. The normalized spacial score (nSPS) is 19.0. The topological polar surface area (TPSA) is 67.6 Å². The summed E-state index contributed by atoms with van der Waals surface area (Å²) in [5.41, 5.74) is 4.64. The summed E-state index contributed by atoms with van der Waals surface area (Å²) in [6, 6.07) is 8.26. The van der Waals surface area contributed by atoms with E-state index < -0.39 is 0 Å². The zero-order valence-corrected chi connectivity index (χ0v) is 19.7. The Kier molecular flexibility index (Phi) is 6.58. The number of benzene rings is 1. The lowest BCUT2D eigenvalue weighted by molar-refractivity contribution is 0.0987. The van der Waals surface area contributed by atoms with Gasteiger partial charge in [0.25, 0.3) is 0 Å². The maximum Gasteiger partial charge on any atom is 0.324 e. The minimum absolute atomic E-state index is 0.130. The van der Waals surface area contributed by atoms with Crippen LogP contribution in [-0.2, 0) is 0 Å². The van der Waals surface area contributed by atoms with Gasteiger partial charge in [-0.05, 0) is 75.5 Å². The smallest absolute Gasteiger partial charge is 0.324 e. The molecule has 2 amide bonds. The number of carbonyl (C=O) groups is 1. The van der Waals surface area contributed by atoms with Crippen molar-refractivity contribution in [2.75, 3.05) is 18.4 Å². The molecule has 0 spiro atoms. The molecule has 2 aromatic rings. The number of likely N-dealkylation sites (tertiary alicyclic amines) is 1. The van der Waals surface area contributed by atoms with Crippen LogP contribution in [0.2, 0.25) is 0 Å². The molecule has 0 unspecified atom stereocenters. The first-order valence-corrected chi connectivity index (χ1v) is 11.7. The molecule has 4 rings (SSSR count). The minimum Gasteiger partial charge on any atom is -0.490 e. The lowest BCUT2D eigenvalue weighted by Gasteiger charge is -2.34. The highest BCUT2D eigenvalue weighted by Gasteiger charge is 2.28. The predicted octanol–water partition coefficient (Wildman–Crippen LogP) is 6.35. The second-order valence-electron chi connectivity index (χ2n) is 10.00. The summed E-state index contributed by atoms with van der Waals surface area (Å²) in [4.78, 5) is 14.4. The predicted molar refractivity (Wildman–Crippen MR) is 127 cm³/mol. The molecule has 6 heteroatoms. The van der Waals surface area contributed by atoms with Crippen LogP contribution in [0, 0.1) is 19.3 Å². The summed E-state index contributed by atoms with van der Waals surface area (Å²) in [6.07, 6.45) is 9.00. The zero-order chi connectivity index (χ0) is 22.7. The van der Waals surface area contributed by atoms with E-state index in [0.717, 1.165) is 42.7 Å². The molecule has 1 aliphatic heterocycles. The molecular weight excluding hydrogens is 402 g/mol. The monoisotopic (exact) mass is 437 g/mol. The van der Waals surface area contributed by atoms with Gasteiger partial charge in [0.2, 0.25) is 5.88 Å². The van der Waals surface area contributed by atoms with Gasteiger partial charge in [0.15, 0.2) is 0 Å². The molecule has 0 atom stereocenters. The van der Waals surface area contributed by atoms with E-state index in [4.69, 9.17) is 9.26 Å². The van der Waals surface area contributed by atoms with Crippen molar-refractivity contribution in [2.24, 2.45) is 5.41 Å². The van der Waals surface area contributed by atoms with Gasteiger partial charge in [-0.3, -0.25) is 5.32 Å². The number of nitrogens with one attached hydrogen (secondary N) is 1. The summed E-state index contributed by atoms with van der Waals surface area (Å²) >= 11 is 0. The number of urea groups is 1. The number of aryl methyl sites for hydroxylation is 1. The van der Waals surface area contributed by atoms with E-state index in [-0.39, 0.29) is 6.03 Å².